The number of piperazine rings is 1. The van der Waals surface area contributed by atoms with Crippen LogP contribution >= 0.6 is 0 Å². The number of halogens is 2. The molecular formula is C28H30F2N4O5. The van der Waals surface area contributed by atoms with E-state index >= 15 is 0 Å². The van der Waals surface area contributed by atoms with Crippen molar-refractivity contribution in [3.63, 3.8) is 0 Å². The molecule has 39 heavy (non-hydrogen) atoms. The number of hydrogen-bond donors (Lipinski definition) is 1. The lowest BCUT2D eigenvalue weighted by atomic mass is 10.0. The first-order valence-corrected chi connectivity index (χ1v) is 13.0. The standard InChI is InChI=1S/C28H30F2N4O5/c1-28(29,30)17-33-13-11-32(12-14-33)15-18-5-7-19(8-6-18)16-39-22-4-2-3-20-24(22)27(38)34(26(20)37)21-9-10-23(35)31-25(21)36/h2-8,21H,9-17H2,1H3,(H,31,35,36). The second-order valence-corrected chi connectivity index (χ2v) is 10.4. The van der Waals surface area contributed by atoms with E-state index in [9.17, 15) is 28.0 Å². The highest BCUT2D eigenvalue weighted by Gasteiger charge is 2.46. The van der Waals surface area contributed by atoms with Gasteiger partial charge in [-0.1, -0.05) is 30.3 Å². The van der Waals surface area contributed by atoms with Gasteiger partial charge in [0, 0.05) is 46.1 Å². The summed E-state index contributed by atoms with van der Waals surface area (Å²) in [4.78, 5) is 54.9. The number of nitrogens with zero attached hydrogens (tertiary/aromatic N) is 3. The van der Waals surface area contributed by atoms with Crippen molar-refractivity contribution in [3.8, 4) is 5.75 Å². The molecule has 206 valence electrons. The zero-order chi connectivity index (χ0) is 27.7. The van der Waals surface area contributed by atoms with Gasteiger partial charge in [0.2, 0.25) is 11.8 Å². The maximum Gasteiger partial charge on any atom is 0.266 e. The van der Waals surface area contributed by atoms with Gasteiger partial charge < -0.3 is 4.74 Å². The molecule has 9 nitrogen and oxygen atoms in total. The molecule has 0 radical (unpaired) electrons. The van der Waals surface area contributed by atoms with Crippen LogP contribution in [0.15, 0.2) is 42.5 Å². The summed E-state index contributed by atoms with van der Waals surface area (Å²) in [6.07, 6.45) is 0.139. The Bertz CT molecular complexity index is 1290. The average molecular weight is 541 g/mol. The van der Waals surface area contributed by atoms with Crippen molar-refractivity contribution in [2.24, 2.45) is 0 Å². The van der Waals surface area contributed by atoms with E-state index in [2.05, 4.69) is 10.2 Å². The third-order valence-corrected chi connectivity index (χ3v) is 7.22. The van der Waals surface area contributed by atoms with E-state index in [1.54, 1.807) is 17.0 Å². The van der Waals surface area contributed by atoms with Crippen LogP contribution in [0.25, 0.3) is 0 Å². The smallest absolute Gasteiger partial charge is 0.266 e. The number of carbonyl (C=O) groups excluding carboxylic acids is 4. The molecule has 11 heteroatoms. The van der Waals surface area contributed by atoms with Gasteiger partial charge in [-0.3, -0.25) is 39.2 Å². The van der Waals surface area contributed by atoms with Crippen molar-refractivity contribution in [1.29, 1.82) is 0 Å². The molecule has 3 heterocycles. The summed E-state index contributed by atoms with van der Waals surface area (Å²) in [6, 6.07) is 11.5. The van der Waals surface area contributed by atoms with Gasteiger partial charge in [0.1, 0.15) is 18.4 Å². The first-order chi connectivity index (χ1) is 18.6. The Kier molecular flexibility index (Phi) is 7.46. The molecule has 3 aliphatic heterocycles. The number of benzene rings is 2. The molecule has 1 N–H and O–H groups in total. The number of alkyl halides is 2. The fourth-order valence-corrected chi connectivity index (χ4v) is 5.26. The number of fused-ring (bicyclic) bond motifs is 1. The molecule has 0 saturated carbocycles. The van der Waals surface area contributed by atoms with Gasteiger partial charge in [-0.2, -0.15) is 0 Å². The minimum Gasteiger partial charge on any atom is -0.488 e. The van der Waals surface area contributed by atoms with Crippen molar-refractivity contribution >= 4 is 23.6 Å². The van der Waals surface area contributed by atoms with Gasteiger partial charge in [-0.25, -0.2) is 8.78 Å². The Morgan fingerprint density at radius 1 is 0.923 bits per heavy atom. The first kappa shape index (κ1) is 26.9. The molecule has 0 spiro atoms. The first-order valence-electron chi connectivity index (χ1n) is 13.0. The molecule has 2 aromatic carbocycles. The molecule has 4 amide bonds. The maximum atomic E-state index is 13.3. The topological polar surface area (TPSA) is 99.3 Å². The van der Waals surface area contributed by atoms with Crippen molar-refractivity contribution in [1.82, 2.24) is 20.0 Å². The molecule has 2 fully saturated rings. The molecule has 2 saturated heterocycles. The van der Waals surface area contributed by atoms with Crippen molar-refractivity contribution < 1.29 is 32.7 Å². The van der Waals surface area contributed by atoms with Crippen molar-refractivity contribution in [2.45, 2.75) is 44.9 Å². The van der Waals surface area contributed by atoms with Gasteiger partial charge in [-0.05, 0) is 29.7 Å². The third-order valence-electron chi connectivity index (χ3n) is 7.22. The van der Waals surface area contributed by atoms with E-state index < -0.39 is 35.6 Å². The van der Waals surface area contributed by atoms with Crippen LogP contribution in [0.3, 0.4) is 0 Å². The molecule has 2 aromatic rings. The summed E-state index contributed by atoms with van der Waals surface area (Å²) in [5.74, 6) is -4.71. The SMILES string of the molecule is CC(F)(F)CN1CCN(Cc2ccc(COc3cccc4c3C(=O)N(C3CCC(=O)NC3=O)C4=O)cc2)CC1. The highest BCUT2D eigenvalue weighted by atomic mass is 19.3. The number of imide groups is 2. The molecule has 0 aliphatic carbocycles. The highest BCUT2D eigenvalue weighted by Crippen LogP contribution is 2.34. The Hall–Kier alpha value is -3.70. The number of ether oxygens (including phenoxy) is 1. The summed E-state index contributed by atoms with van der Waals surface area (Å²) >= 11 is 0. The van der Waals surface area contributed by atoms with Crippen LogP contribution in [0, 0.1) is 0 Å². The van der Waals surface area contributed by atoms with E-state index in [1.807, 2.05) is 24.3 Å². The largest absolute Gasteiger partial charge is 0.488 e. The maximum absolute atomic E-state index is 13.3. The quantitative estimate of drug-likeness (QED) is 0.514. The average Bonchev–Trinajstić information content (AvgIpc) is 3.14. The number of carbonyl (C=O) groups is 4. The lowest BCUT2D eigenvalue weighted by molar-refractivity contribution is -0.136. The molecule has 1 unspecified atom stereocenters. The molecule has 0 aromatic heterocycles. The van der Waals surface area contributed by atoms with Crippen molar-refractivity contribution in [3.05, 3.63) is 64.7 Å². The highest BCUT2D eigenvalue weighted by molar-refractivity contribution is 6.24. The Morgan fingerprint density at radius 3 is 2.26 bits per heavy atom. The van der Waals surface area contributed by atoms with Gasteiger partial charge in [0.25, 0.3) is 17.7 Å². The Morgan fingerprint density at radius 2 is 1.59 bits per heavy atom. The molecule has 1 atom stereocenters. The fraction of sp³-hybridized carbons (Fsp3) is 0.429. The minimum absolute atomic E-state index is 0.0527. The lowest BCUT2D eigenvalue weighted by Crippen LogP contribution is -2.54. The van der Waals surface area contributed by atoms with E-state index in [1.165, 1.54) is 6.07 Å². The molecule has 3 aliphatic rings. The third kappa shape index (κ3) is 5.99. The normalized spacial score (nSPS) is 20.8. The summed E-state index contributed by atoms with van der Waals surface area (Å²) in [7, 11) is 0. The zero-order valence-corrected chi connectivity index (χ0v) is 21.6. The minimum atomic E-state index is -2.68. The van der Waals surface area contributed by atoms with E-state index in [0.717, 1.165) is 42.6 Å². The van der Waals surface area contributed by atoms with Crippen LogP contribution in [0.2, 0.25) is 0 Å². The Labute approximate surface area is 224 Å². The van der Waals surface area contributed by atoms with E-state index in [4.69, 9.17) is 4.74 Å². The second-order valence-electron chi connectivity index (χ2n) is 10.4. The summed E-state index contributed by atoms with van der Waals surface area (Å²) < 4.78 is 32.5. The summed E-state index contributed by atoms with van der Waals surface area (Å²) in [5, 5.41) is 2.19. The Balaban J connectivity index is 1.18. The summed E-state index contributed by atoms with van der Waals surface area (Å²) in [6.45, 7) is 4.29. The van der Waals surface area contributed by atoms with Crippen molar-refractivity contribution in [2.75, 3.05) is 32.7 Å². The van der Waals surface area contributed by atoms with E-state index in [-0.39, 0.29) is 42.9 Å². The zero-order valence-electron chi connectivity index (χ0n) is 21.6. The molecule has 5 rings (SSSR count). The summed E-state index contributed by atoms with van der Waals surface area (Å²) in [5.41, 5.74) is 2.24. The van der Waals surface area contributed by atoms with Gasteiger partial charge in [0.15, 0.2) is 0 Å². The van der Waals surface area contributed by atoms with Crippen LogP contribution in [0.5, 0.6) is 5.75 Å². The van der Waals surface area contributed by atoms with Crippen LogP contribution in [0.4, 0.5) is 8.78 Å². The van der Waals surface area contributed by atoms with Crippen LogP contribution in [-0.2, 0) is 22.7 Å². The lowest BCUT2D eigenvalue weighted by Gasteiger charge is -2.35. The van der Waals surface area contributed by atoms with Crippen LogP contribution in [0.1, 0.15) is 51.6 Å². The van der Waals surface area contributed by atoms with Gasteiger partial charge >= 0.3 is 0 Å². The number of nitrogens with one attached hydrogen (secondary N) is 1. The van der Waals surface area contributed by atoms with Crippen LogP contribution in [-0.4, -0.2) is 83.0 Å². The number of hydrogen-bond acceptors (Lipinski definition) is 7. The molecule has 0 bridgehead atoms. The fourth-order valence-electron chi connectivity index (χ4n) is 5.26. The predicted molar refractivity (Wildman–Crippen MR) is 136 cm³/mol. The number of amides is 4. The van der Waals surface area contributed by atoms with Crippen LogP contribution < -0.4 is 10.1 Å². The van der Waals surface area contributed by atoms with E-state index in [0.29, 0.717) is 13.1 Å². The predicted octanol–water partition coefficient (Wildman–Crippen LogP) is 2.44. The second kappa shape index (κ2) is 10.8. The number of piperidine rings is 1. The van der Waals surface area contributed by atoms with Gasteiger partial charge in [-0.15, -0.1) is 0 Å². The van der Waals surface area contributed by atoms with Gasteiger partial charge in [0.05, 0.1) is 17.7 Å². The molecular weight excluding hydrogens is 510 g/mol. The monoisotopic (exact) mass is 540 g/mol. The number of rotatable bonds is 8.